The molecule has 8 heteroatoms. The Morgan fingerprint density at radius 2 is 1.53 bits per heavy atom. The van der Waals surface area contributed by atoms with E-state index < -0.39 is 7.25 Å². The molecule has 3 nitrogen and oxygen atoms in total. The Bertz CT molecular complexity index is 1200. The van der Waals surface area contributed by atoms with E-state index in [1.165, 1.54) is 39.7 Å². The summed E-state index contributed by atoms with van der Waals surface area (Å²) in [5.74, 6) is 2.05. The second kappa shape index (κ2) is 12.3. The molecule has 0 amide bonds. The predicted octanol–water partition coefficient (Wildman–Crippen LogP) is 7.22. The molecule has 0 spiro atoms. The SMILES string of the molecule is CCN(CC)c1ccc(/C=C2\CCCc3cc4ccc(=[N+](CC)CC)cc-4oc32)cc1.F[B-](F)(F)F. The highest BCUT2D eigenvalue weighted by atomic mass is 19.5. The fraction of sp³-hybridized carbons (Fsp3) is 0.393. The summed E-state index contributed by atoms with van der Waals surface area (Å²) in [6.07, 6.45) is 5.64. The predicted molar refractivity (Wildman–Crippen MR) is 143 cm³/mol. The summed E-state index contributed by atoms with van der Waals surface area (Å²) < 4.78 is 47.9. The van der Waals surface area contributed by atoms with E-state index >= 15 is 0 Å². The van der Waals surface area contributed by atoms with Gasteiger partial charge in [0.25, 0.3) is 0 Å². The molecule has 1 aliphatic heterocycles. The molecule has 0 N–H and O–H groups in total. The van der Waals surface area contributed by atoms with Crippen molar-refractivity contribution in [2.45, 2.75) is 47.0 Å². The number of rotatable bonds is 6. The number of hydrogen-bond acceptors (Lipinski definition) is 2. The molecule has 0 saturated heterocycles. The maximum atomic E-state index is 9.75. The molecule has 36 heavy (non-hydrogen) atoms. The summed E-state index contributed by atoms with van der Waals surface area (Å²) in [6.45, 7) is 12.9. The van der Waals surface area contributed by atoms with Crippen molar-refractivity contribution in [3.8, 4) is 11.3 Å². The van der Waals surface area contributed by atoms with Gasteiger partial charge in [0.05, 0.1) is 6.07 Å². The number of halogens is 4. The number of anilines is 1. The van der Waals surface area contributed by atoms with E-state index in [1.54, 1.807) is 0 Å². The molecular formula is C28H35BF4N2O. The zero-order valence-electron chi connectivity index (χ0n) is 21.5. The Kier molecular flexibility index (Phi) is 9.40. The lowest BCUT2D eigenvalue weighted by molar-refractivity contribution is 0.368. The Morgan fingerprint density at radius 1 is 0.889 bits per heavy atom. The number of hydrogen-bond donors (Lipinski definition) is 0. The third kappa shape index (κ3) is 7.25. The zero-order valence-corrected chi connectivity index (χ0v) is 21.5. The Balaban J connectivity index is 0.000000658. The fourth-order valence-corrected chi connectivity index (χ4v) is 4.69. The molecule has 0 atom stereocenters. The van der Waals surface area contributed by atoms with Crippen LogP contribution in [-0.4, -0.2) is 33.4 Å². The summed E-state index contributed by atoms with van der Waals surface area (Å²) in [5.41, 5.74) is 6.37. The quantitative estimate of drug-likeness (QED) is 0.201. The van der Waals surface area contributed by atoms with E-state index in [-0.39, 0.29) is 0 Å². The number of fused-ring (bicyclic) bond motifs is 2. The van der Waals surface area contributed by atoms with Crippen LogP contribution in [0.3, 0.4) is 0 Å². The minimum absolute atomic E-state index is 0.979. The van der Waals surface area contributed by atoms with E-state index in [0.717, 1.165) is 50.5 Å². The largest absolute Gasteiger partial charge is 0.673 e. The molecule has 3 aliphatic rings. The third-order valence-electron chi connectivity index (χ3n) is 6.51. The number of aryl methyl sites for hydroxylation is 1. The van der Waals surface area contributed by atoms with Gasteiger partial charge in [-0.2, -0.15) is 0 Å². The topological polar surface area (TPSA) is 19.4 Å². The van der Waals surface area contributed by atoms with E-state index in [4.69, 9.17) is 4.42 Å². The summed E-state index contributed by atoms with van der Waals surface area (Å²) in [6, 6.07) is 17.9. The van der Waals surface area contributed by atoms with Gasteiger partial charge in [-0.15, -0.1) is 0 Å². The third-order valence-corrected chi connectivity index (χ3v) is 6.51. The van der Waals surface area contributed by atoms with Gasteiger partial charge in [-0.05, 0) is 94.0 Å². The second-order valence-corrected chi connectivity index (χ2v) is 8.78. The van der Waals surface area contributed by atoms with Crippen LogP contribution < -0.4 is 14.8 Å². The van der Waals surface area contributed by atoms with Crippen molar-refractivity contribution in [2.75, 3.05) is 31.1 Å². The number of nitrogens with zero attached hydrogens (tertiary/aromatic N) is 2. The zero-order chi connectivity index (χ0) is 26.3. The first-order valence-corrected chi connectivity index (χ1v) is 12.7. The van der Waals surface area contributed by atoms with Crippen LogP contribution in [0.5, 0.6) is 0 Å². The van der Waals surface area contributed by atoms with Crippen molar-refractivity contribution in [2.24, 2.45) is 0 Å². The van der Waals surface area contributed by atoms with Crippen LogP contribution in [0.2, 0.25) is 0 Å². The lowest BCUT2D eigenvalue weighted by Gasteiger charge is -2.21. The molecule has 0 aromatic heterocycles. The normalized spacial score (nSPS) is 14.3. The van der Waals surface area contributed by atoms with E-state index in [1.807, 2.05) is 0 Å². The van der Waals surface area contributed by atoms with Gasteiger partial charge in [-0.25, -0.2) is 4.58 Å². The van der Waals surface area contributed by atoms with Gasteiger partial charge < -0.3 is 26.6 Å². The van der Waals surface area contributed by atoms with Crippen LogP contribution in [-0.2, 0) is 6.42 Å². The average Bonchev–Trinajstić information content (AvgIpc) is 2.84. The van der Waals surface area contributed by atoms with Gasteiger partial charge in [0, 0.05) is 30.4 Å². The number of benzene rings is 2. The van der Waals surface area contributed by atoms with Crippen molar-refractivity contribution in [1.82, 2.24) is 4.58 Å². The van der Waals surface area contributed by atoms with Gasteiger partial charge in [-0.1, -0.05) is 12.1 Å². The number of allylic oxidation sites excluding steroid dienone is 1. The molecule has 0 radical (unpaired) electrons. The fourth-order valence-electron chi connectivity index (χ4n) is 4.69. The molecule has 194 valence electrons. The van der Waals surface area contributed by atoms with Crippen LogP contribution in [0.25, 0.3) is 23.0 Å². The first-order valence-electron chi connectivity index (χ1n) is 12.7. The molecule has 0 bridgehead atoms. The molecule has 2 aliphatic carbocycles. The van der Waals surface area contributed by atoms with E-state index in [0.29, 0.717) is 0 Å². The van der Waals surface area contributed by atoms with Crippen molar-refractivity contribution in [3.63, 3.8) is 0 Å². The monoisotopic (exact) mass is 502 g/mol. The minimum atomic E-state index is -6.00. The van der Waals surface area contributed by atoms with Gasteiger partial charge in [0.15, 0.2) is 0 Å². The summed E-state index contributed by atoms with van der Waals surface area (Å²) >= 11 is 0. The Hall–Kier alpha value is -3.03. The smallest absolute Gasteiger partial charge is 0.456 e. The lowest BCUT2D eigenvalue weighted by atomic mass is 9.90. The van der Waals surface area contributed by atoms with Crippen molar-refractivity contribution in [1.29, 1.82) is 0 Å². The van der Waals surface area contributed by atoms with Gasteiger partial charge >= 0.3 is 7.25 Å². The van der Waals surface area contributed by atoms with Crippen molar-refractivity contribution in [3.05, 3.63) is 70.8 Å². The Morgan fingerprint density at radius 3 is 2.11 bits per heavy atom. The van der Waals surface area contributed by atoms with Gasteiger partial charge in [-0.3, -0.25) is 0 Å². The molecule has 4 rings (SSSR count). The first-order chi connectivity index (χ1) is 17.2. The summed E-state index contributed by atoms with van der Waals surface area (Å²) in [4.78, 5) is 2.38. The van der Waals surface area contributed by atoms with Crippen molar-refractivity contribution < 1.29 is 21.7 Å². The summed E-state index contributed by atoms with van der Waals surface area (Å²) in [7, 11) is -6.00. The lowest BCUT2D eigenvalue weighted by Crippen LogP contribution is -2.29. The molecule has 0 unspecified atom stereocenters. The molecule has 1 heterocycles. The van der Waals surface area contributed by atoms with Crippen molar-refractivity contribution >= 4 is 24.6 Å². The summed E-state index contributed by atoms with van der Waals surface area (Å²) in [5, 5.41) is 1.23. The highest BCUT2D eigenvalue weighted by Crippen LogP contribution is 2.37. The van der Waals surface area contributed by atoms with Crippen LogP contribution in [0, 0.1) is 0 Å². The van der Waals surface area contributed by atoms with Crippen LogP contribution in [0.1, 0.15) is 57.4 Å². The Labute approximate surface area is 211 Å². The molecular weight excluding hydrogens is 467 g/mol. The second-order valence-electron chi connectivity index (χ2n) is 8.78. The molecule has 1 aromatic rings. The first kappa shape index (κ1) is 27.6. The van der Waals surface area contributed by atoms with E-state index in [2.05, 4.69) is 91.8 Å². The van der Waals surface area contributed by atoms with Crippen LogP contribution in [0.4, 0.5) is 23.0 Å². The minimum Gasteiger partial charge on any atom is -0.456 e. The highest BCUT2D eigenvalue weighted by molar-refractivity contribution is 6.50. The molecule has 0 fully saturated rings. The highest BCUT2D eigenvalue weighted by Gasteiger charge is 2.21. The van der Waals surface area contributed by atoms with Crippen LogP contribution >= 0.6 is 0 Å². The van der Waals surface area contributed by atoms with E-state index in [9.17, 15) is 17.3 Å². The van der Waals surface area contributed by atoms with Gasteiger partial charge in [0.1, 0.15) is 24.6 Å². The maximum Gasteiger partial charge on any atom is 0.673 e. The molecule has 1 aromatic carbocycles. The maximum absolute atomic E-state index is 9.75. The standard InChI is InChI=1S/C28H35N2O.BF4/c1-5-29(6-2)25-15-12-21(13-16-25)18-23-10-9-11-24-19-22-14-17-26(30(7-3)8-4)20-27(22)31-28(23)24;2-1(3,4)5/h12-20H,5-11H2,1-4H3;/q+1;-1. The molecule has 0 saturated carbocycles. The van der Waals surface area contributed by atoms with Gasteiger partial charge in [0.2, 0.25) is 5.36 Å². The average molecular weight is 502 g/mol. The van der Waals surface area contributed by atoms with Crippen LogP contribution in [0.15, 0.2) is 52.9 Å².